The molecule has 0 bridgehead atoms. The van der Waals surface area contributed by atoms with Gasteiger partial charge in [-0.1, -0.05) is 29.8 Å². The van der Waals surface area contributed by atoms with E-state index in [4.69, 9.17) is 21.1 Å². The molecule has 1 unspecified atom stereocenters. The quantitative estimate of drug-likeness (QED) is 0.401. The third-order valence-corrected chi connectivity index (χ3v) is 5.22. The molecule has 0 aliphatic carbocycles. The second-order valence-electron chi connectivity index (χ2n) is 5.41. The SMILES string of the molecule is CCOCCOc1ccc(PC(=O)c2c(C)cccc2Cl)c(C)c1.[LiH]. The Morgan fingerprint density at radius 3 is 2.52 bits per heavy atom. The topological polar surface area (TPSA) is 35.5 Å². The Balaban J connectivity index is 0.00000312. The maximum absolute atomic E-state index is 12.6. The Bertz CT molecular complexity index is 702. The maximum atomic E-state index is 12.6. The van der Waals surface area contributed by atoms with Gasteiger partial charge in [-0.15, -0.1) is 0 Å². The molecule has 0 saturated carbocycles. The van der Waals surface area contributed by atoms with Crippen LogP contribution < -0.4 is 10.0 Å². The fraction of sp³-hybridized carbons (Fsp3) is 0.316. The molecule has 25 heavy (non-hydrogen) atoms. The average Bonchev–Trinajstić information content (AvgIpc) is 2.54. The van der Waals surface area contributed by atoms with Crippen molar-refractivity contribution in [1.29, 1.82) is 0 Å². The molecule has 0 aliphatic heterocycles. The molecule has 0 saturated heterocycles. The second kappa shape index (κ2) is 11.0. The Kier molecular flexibility index (Phi) is 9.80. The number of ether oxygens (including phenoxy) is 2. The van der Waals surface area contributed by atoms with Crippen LogP contribution in [0.5, 0.6) is 5.75 Å². The number of hydrogen-bond donors (Lipinski definition) is 0. The molecule has 1 atom stereocenters. The standard InChI is InChI=1S/C19H22ClO3P.Li.H/c1-4-22-10-11-23-15-8-9-17(14(3)12-15)24-19(21)18-13(2)6-5-7-16(18)20;;/h5-9,12,24H,4,10-11H2,1-3H3;;. The number of rotatable bonds is 8. The number of halogens is 1. The summed E-state index contributed by atoms with van der Waals surface area (Å²) in [6.45, 7) is 7.63. The monoisotopic (exact) mass is 372 g/mol. The first-order chi connectivity index (χ1) is 11.5. The predicted octanol–water partition coefficient (Wildman–Crippen LogP) is 3.87. The molecule has 0 radical (unpaired) electrons. The van der Waals surface area contributed by atoms with E-state index in [1.165, 1.54) is 0 Å². The van der Waals surface area contributed by atoms with Crippen LogP contribution in [-0.2, 0) is 4.74 Å². The first kappa shape index (κ1) is 22.2. The van der Waals surface area contributed by atoms with Crippen LogP contribution in [0, 0.1) is 13.8 Å². The van der Waals surface area contributed by atoms with E-state index in [1.54, 1.807) is 6.07 Å². The summed E-state index contributed by atoms with van der Waals surface area (Å²) in [6.07, 6.45) is 0. The van der Waals surface area contributed by atoms with Crippen LogP contribution in [0.1, 0.15) is 28.4 Å². The molecule has 2 aromatic rings. The molecule has 2 aromatic carbocycles. The van der Waals surface area contributed by atoms with Crippen LogP contribution in [0.3, 0.4) is 0 Å². The molecule has 0 aliphatic rings. The van der Waals surface area contributed by atoms with Gasteiger partial charge in [0.05, 0.1) is 11.6 Å². The average molecular weight is 373 g/mol. The zero-order valence-electron chi connectivity index (χ0n) is 14.2. The third kappa shape index (κ3) is 6.45. The van der Waals surface area contributed by atoms with Gasteiger partial charge in [-0.05, 0) is 64.0 Å². The van der Waals surface area contributed by atoms with E-state index in [0.29, 0.717) is 30.4 Å². The summed E-state index contributed by atoms with van der Waals surface area (Å²) in [7, 11) is 0.0424. The second-order valence-corrected chi connectivity index (χ2v) is 7.06. The van der Waals surface area contributed by atoms with Gasteiger partial charge < -0.3 is 9.47 Å². The minimum atomic E-state index is 0. The fourth-order valence-electron chi connectivity index (χ4n) is 2.33. The van der Waals surface area contributed by atoms with Crippen LogP contribution in [0.15, 0.2) is 36.4 Å². The molecular formula is C19H23ClLiO3P. The molecule has 0 fully saturated rings. The summed E-state index contributed by atoms with van der Waals surface area (Å²) in [5.74, 6) is 0.794. The molecule has 0 spiro atoms. The zero-order chi connectivity index (χ0) is 17.5. The van der Waals surface area contributed by atoms with Crippen LogP contribution in [-0.4, -0.2) is 44.2 Å². The molecule has 6 heteroatoms. The van der Waals surface area contributed by atoms with E-state index in [1.807, 2.05) is 51.1 Å². The fourth-order valence-corrected chi connectivity index (χ4v) is 3.86. The number of aryl methyl sites for hydroxylation is 2. The first-order valence-electron chi connectivity index (χ1n) is 7.90. The Hall–Kier alpha value is -0.813. The van der Waals surface area contributed by atoms with Crippen molar-refractivity contribution in [2.45, 2.75) is 20.8 Å². The van der Waals surface area contributed by atoms with Crippen molar-refractivity contribution in [2.75, 3.05) is 19.8 Å². The summed E-state index contributed by atoms with van der Waals surface area (Å²) >= 11 is 6.19. The third-order valence-electron chi connectivity index (χ3n) is 3.60. The van der Waals surface area contributed by atoms with Gasteiger partial charge in [-0.2, -0.15) is 0 Å². The van der Waals surface area contributed by atoms with Gasteiger partial charge in [0.25, 0.3) is 0 Å². The number of benzene rings is 2. The Labute approximate surface area is 168 Å². The molecular weight excluding hydrogens is 350 g/mol. The summed E-state index contributed by atoms with van der Waals surface area (Å²) in [4.78, 5) is 12.6. The van der Waals surface area contributed by atoms with Gasteiger partial charge in [-0.3, -0.25) is 4.79 Å². The van der Waals surface area contributed by atoms with E-state index in [0.717, 1.165) is 22.2 Å². The Morgan fingerprint density at radius 1 is 1.12 bits per heavy atom. The molecule has 130 valence electrons. The summed E-state index contributed by atoms with van der Waals surface area (Å²) in [5, 5.41) is 1.53. The van der Waals surface area contributed by atoms with Crippen molar-refractivity contribution < 1.29 is 14.3 Å². The van der Waals surface area contributed by atoms with Gasteiger partial charge in [-0.25, -0.2) is 0 Å². The molecule has 0 amide bonds. The van der Waals surface area contributed by atoms with E-state index >= 15 is 0 Å². The minimum absolute atomic E-state index is 0. The van der Waals surface area contributed by atoms with E-state index in [-0.39, 0.29) is 33.0 Å². The van der Waals surface area contributed by atoms with Gasteiger partial charge in [0, 0.05) is 12.2 Å². The molecule has 0 N–H and O–H groups in total. The van der Waals surface area contributed by atoms with Crippen molar-refractivity contribution in [3.8, 4) is 5.75 Å². The summed E-state index contributed by atoms with van der Waals surface area (Å²) in [5.41, 5.74) is 2.63. The van der Waals surface area contributed by atoms with Gasteiger partial charge >= 0.3 is 18.9 Å². The van der Waals surface area contributed by atoms with E-state index in [9.17, 15) is 4.79 Å². The van der Waals surface area contributed by atoms with Crippen molar-refractivity contribution >= 4 is 49.9 Å². The van der Waals surface area contributed by atoms with Crippen LogP contribution in [0.4, 0.5) is 0 Å². The van der Waals surface area contributed by atoms with Crippen molar-refractivity contribution in [3.05, 3.63) is 58.1 Å². The van der Waals surface area contributed by atoms with Gasteiger partial charge in [0.2, 0.25) is 0 Å². The molecule has 2 rings (SSSR count). The molecule has 3 nitrogen and oxygen atoms in total. The number of carbonyl (C=O) groups is 1. The van der Waals surface area contributed by atoms with Crippen molar-refractivity contribution in [1.82, 2.24) is 0 Å². The summed E-state index contributed by atoms with van der Waals surface area (Å²) in [6, 6.07) is 11.3. The van der Waals surface area contributed by atoms with Gasteiger partial charge in [0.15, 0.2) is 5.52 Å². The first-order valence-corrected chi connectivity index (χ1v) is 9.28. The molecule has 0 heterocycles. The summed E-state index contributed by atoms with van der Waals surface area (Å²) < 4.78 is 10.9. The van der Waals surface area contributed by atoms with Crippen LogP contribution >= 0.6 is 20.2 Å². The normalized spacial score (nSPS) is 10.7. The van der Waals surface area contributed by atoms with E-state index < -0.39 is 0 Å². The van der Waals surface area contributed by atoms with Crippen molar-refractivity contribution in [2.24, 2.45) is 0 Å². The molecule has 0 aromatic heterocycles. The van der Waals surface area contributed by atoms with Crippen molar-refractivity contribution in [3.63, 3.8) is 0 Å². The number of carbonyl (C=O) groups excluding carboxylic acids is 1. The van der Waals surface area contributed by atoms with Gasteiger partial charge in [0.1, 0.15) is 12.4 Å². The number of hydrogen-bond acceptors (Lipinski definition) is 3. The van der Waals surface area contributed by atoms with E-state index in [2.05, 4.69) is 0 Å². The predicted molar refractivity (Wildman–Crippen MR) is 109 cm³/mol. The van der Waals surface area contributed by atoms with Crippen LogP contribution in [0.2, 0.25) is 5.02 Å². The van der Waals surface area contributed by atoms with Crippen LogP contribution in [0.25, 0.3) is 0 Å². The zero-order valence-corrected chi connectivity index (χ0v) is 15.9. The Morgan fingerprint density at radius 2 is 1.88 bits per heavy atom.